The number of ether oxygens (including phenoxy) is 2. The predicted octanol–water partition coefficient (Wildman–Crippen LogP) is 3.43. The molecule has 0 radical (unpaired) electrons. The SMILES string of the molecule is Clc1nccc(COC2CCCCO2)c1Cl. The van der Waals surface area contributed by atoms with E-state index in [9.17, 15) is 0 Å². The van der Waals surface area contributed by atoms with Crippen LogP contribution in [0.4, 0.5) is 0 Å². The first-order valence-corrected chi connectivity index (χ1v) is 6.05. The average molecular weight is 262 g/mol. The van der Waals surface area contributed by atoms with Crippen LogP contribution in [0.25, 0.3) is 0 Å². The summed E-state index contributed by atoms with van der Waals surface area (Å²) in [4.78, 5) is 3.88. The Morgan fingerprint density at radius 3 is 3.06 bits per heavy atom. The van der Waals surface area contributed by atoms with Gasteiger partial charge in [0.15, 0.2) is 6.29 Å². The Morgan fingerprint density at radius 2 is 2.31 bits per heavy atom. The summed E-state index contributed by atoms with van der Waals surface area (Å²) in [5.41, 5.74) is 0.843. The van der Waals surface area contributed by atoms with E-state index in [0.717, 1.165) is 31.4 Å². The Bertz CT molecular complexity index is 354. The standard InChI is InChI=1S/C11H13Cl2NO2/c12-10-8(4-5-14-11(10)13)7-16-9-3-1-2-6-15-9/h4-5,9H,1-3,6-7H2. The van der Waals surface area contributed by atoms with Crippen molar-refractivity contribution in [3.05, 3.63) is 28.0 Å². The molecule has 1 aromatic rings. The van der Waals surface area contributed by atoms with Crippen LogP contribution in [0, 0.1) is 0 Å². The van der Waals surface area contributed by atoms with Crippen LogP contribution in [0.5, 0.6) is 0 Å². The number of aromatic nitrogens is 1. The molecule has 0 N–H and O–H groups in total. The lowest BCUT2D eigenvalue weighted by atomic mass is 10.2. The summed E-state index contributed by atoms with van der Waals surface area (Å²) in [6.07, 6.45) is 4.71. The van der Waals surface area contributed by atoms with Crippen molar-refractivity contribution >= 4 is 23.2 Å². The molecule has 0 bridgehead atoms. The van der Waals surface area contributed by atoms with Crippen molar-refractivity contribution < 1.29 is 9.47 Å². The molecule has 88 valence electrons. The second-order valence-corrected chi connectivity index (χ2v) is 4.42. The topological polar surface area (TPSA) is 31.4 Å². The van der Waals surface area contributed by atoms with Crippen LogP contribution in [-0.2, 0) is 16.1 Å². The highest BCUT2D eigenvalue weighted by molar-refractivity contribution is 6.41. The summed E-state index contributed by atoms with van der Waals surface area (Å²) in [5, 5.41) is 0.771. The molecule has 2 heterocycles. The van der Waals surface area contributed by atoms with Gasteiger partial charge in [-0.15, -0.1) is 0 Å². The maximum Gasteiger partial charge on any atom is 0.158 e. The van der Waals surface area contributed by atoms with Crippen LogP contribution in [0.15, 0.2) is 12.3 Å². The molecule has 1 atom stereocenters. The lowest BCUT2D eigenvalue weighted by Crippen LogP contribution is -2.22. The van der Waals surface area contributed by atoms with Crippen molar-refractivity contribution in [3.63, 3.8) is 0 Å². The maximum absolute atomic E-state index is 6.00. The molecule has 0 saturated carbocycles. The van der Waals surface area contributed by atoms with Gasteiger partial charge in [-0.3, -0.25) is 0 Å². The molecule has 0 amide bonds. The highest BCUT2D eigenvalue weighted by Crippen LogP contribution is 2.25. The summed E-state index contributed by atoms with van der Waals surface area (Å²) in [6, 6.07) is 1.80. The monoisotopic (exact) mass is 261 g/mol. The number of rotatable bonds is 3. The van der Waals surface area contributed by atoms with Gasteiger partial charge in [0.25, 0.3) is 0 Å². The van der Waals surface area contributed by atoms with Gasteiger partial charge >= 0.3 is 0 Å². The normalized spacial score (nSPS) is 21.0. The lowest BCUT2D eigenvalue weighted by molar-refractivity contribution is -0.168. The van der Waals surface area contributed by atoms with Crippen LogP contribution < -0.4 is 0 Å². The zero-order valence-electron chi connectivity index (χ0n) is 8.79. The molecule has 1 aliphatic rings. The fourth-order valence-electron chi connectivity index (χ4n) is 1.59. The molecule has 1 aromatic heterocycles. The third kappa shape index (κ3) is 3.08. The zero-order valence-corrected chi connectivity index (χ0v) is 10.3. The molecule has 0 aliphatic carbocycles. The van der Waals surface area contributed by atoms with Gasteiger partial charge in [-0.1, -0.05) is 23.2 Å². The van der Waals surface area contributed by atoms with E-state index in [-0.39, 0.29) is 6.29 Å². The Kier molecular flexibility index (Phi) is 4.41. The second kappa shape index (κ2) is 5.82. The van der Waals surface area contributed by atoms with E-state index in [1.165, 1.54) is 0 Å². The number of hydrogen-bond donors (Lipinski definition) is 0. The van der Waals surface area contributed by atoms with Gasteiger partial charge in [-0.05, 0) is 25.3 Å². The maximum atomic E-state index is 6.00. The van der Waals surface area contributed by atoms with Gasteiger partial charge in [0.1, 0.15) is 5.15 Å². The van der Waals surface area contributed by atoms with Crippen molar-refractivity contribution in [1.82, 2.24) is 4.98 Å². The van der Waals surface area contributed by atoms with Crippen LogP contribution in [-0.4, -0.2) is 17.9 Å². The number of hydrogen-bond acceptors (Lipinski definition) is 3. The second-order valence-electron chi connectivity index (χ2n) is 3.68. The molecule has 3 nitrogen and oxygen atoms in total. The number of pyridine rings is 1. The van der Waals surface area contributed by atoms with Crippen LogP contribution in [0.3, 0.4) is 0 Å². The van der Waals surface area contributed by atoms with Crippen LogP contribution in [0.1, 0.15) is 24.8 Å². The van der Waals surface area contributed by atoms with E-state index in [2.05, 4.69) is 4.98 Å². The first kappa shape index (κ1) is 12.1. The van der Waals surface area contributed by atoms with Crippen molar-refractivity contribution in [1.29, 1.82) is 0 Å². The van der Waals surface area contributed by atoms with E-state index < -0.39 is 0 Å². The van der Waals surface area contributed by atoms with E-state index in [1.54, 1.807) is 12.3 Å². The Hall–Kier alpha value is -0.350. The zero-order chi connectivity index (χ0) is 11.4. The Labute approximate surface area is 105 Å². The molecule has 5 heteroatoms. The molecular formula is C11H13Cl2NO2. The summed E-state index contributed by atoms with van der Waals surface area (Å²) in [6.45, 7) is 1.18. The summed E-state index contributed by atoms with van der Waals surface area (Å²) < 4.78 is 11.1. The average Bonchev–Trinajstić information content (AvgIpc) is 2.32. The highest BCUT2D eigenvalue weighted by Gasteiger charge is 2.15. The number of nitrogens with zero attached hydrogens (tertiary/aromatic N) is 1. The molecular weight excluding hydrogens is 249 g/mol. The molecule has 2 rings (SSSR count). The lowest BCUT2D eigenvalue weighted by Gasteiger charge is -2.22. The van der Waals surface area contributed by atoms with Crippen molar-refractivity contribution in [3.8, 4) is 0 Å². The minimum atomic E-state index is -0.114. The van der Waals surface area contributed by atoms with Gasteiger partial charge in [0.2, 0.25) is 0 Å². The van der Waals surface area contributed by atoms with Crippen LogP contribution >= 0.6 is 23.2 Å². The van der Waals surface area contributed by atoms with Gasteiger partial charge in [-0.25, -0.2) is 4.98 Å². The van der Waals surface area contributed by atoms with Gasteiger partial charge < -0.3 is 9.47 Å². The summed E-state index contributed by atoms with van der Waals surface area (Å²) in [5.74, 6) is 0. The summed E-state index contributed by atoms with van der Waals surface area (Å²) >= 11 is 11.8. The number of halogens is 2. The first-order chi connectivity index (χ1) is 7.77. The molecule has 0 aromatic carbocycles. The third-order valence-corrected chi connectivity index (χ3v) is 3.29. The van der Waals surface area contributed by atoms with Gasteiger partial charge in [-0.2, -0.15) is 0 Å². The van der Waals surface area contributed by atoms with Crippen molar-refractivity contribution in [2.24, 2.45) is 0 Å². The van der Waals surface area contributed by atoms with Crippen LogP contribution in [0.2, 0.25) is 10.2 Å². The molecule has 1 aliphatic heterocycles. The van der Waals surface area contributed by atoms with E-state index in [1.807, 2.05) is 0 Å². The highest BCUT2D eigenvalue weighted by atomic mass is 35.5. The Morgan fingerprint density at radius 1 is 1.44 bits per heavy atom. The summed E-state index contributed by atoms with van der Waals surface area (Å²) in [7, 11) is 0. The third-order valence-electron chi connectivity index (χ3n) is 2.49. The molecule has 1 saturated heterocycles. The van der Waals surface area contributed by atoms with Gasteiger partial charge in [0.05, 0.1) is 11.6 Å². The van der Waals surface area contributed by atoms with E-state index in [0.29, 0.717) is 16.8 Å². The largest absolute Gasteiger partial charge is 0.353 e. The Balaban J connectivity index is 1.91. The predicted molar refractivity (Wildman–Crippen MR) is 62.6 cm³/mol. The fourth-order valence-corrected chi connectivity index (χ4v) is 1.94. The quantitative estimate of drug-likeness (QED) is 0.782. The van der Waals surface area contributed by atoms with E-state index in [4.69, 9.17) is 32.7 Å². The smallest absolute Gasteiger partial charge is 0.158 e. The first-order valence-electron chi connectivity index (χ1n) is 5.29. The molecule has 1 fully saturated rings. The van der Waals surface area contributed by atoms with Crippen molar-refractivity contribution in [2.45, 2.75) is 32.2 Å². The molecule has 0 spiro atoms. The minimum Gasteiger partial charge on any atom is -0.353 e. The molecule has 1 unspecified atom stereocenters. The van der Waals surface area contributed by atoms with Crippen molar-refractivity contribution in [2.75, 3.05) is 6.61 Å². The minimum absolute atomic E-state index is 0.114. The van der Waals surface area contributed by atoms with E-state index >= 15 is 0 Å². The fraction of sp³-hybridized carbons (Fsp3) is 0.545. The van der Waals surface area contributed by atoms with Gasteiger partial charge in [0, 0.05) is 18.4 Å². The molecule has 16 heavy (non-hydrogen) atoms.